The van der Waals surface area contributed by atoms with Gasteiger partial charge in [-0.05, 0) is 30.5 Å². The molecule has 3 aromatic rings. The highest BCUT2D eigenvalue weighted by Gasteiger charge is 2.15. The molecule has 2 aromatic heterocycles. The van der Waals surface area contributed by atoms with Crippen molar-refractivity contribution < 1.29 is 9.18 Å². The van der Waals surface area contributed by atoms with Crippen LogP contribution in [0.2, 0.25) is 0 Å². The lowest BCUT2D eigenvalue weighted by atomic mass is 10.1. The molecular weight excluding hydrogens is 353 g/mol. The molecule has 3 rings (SSSR count). The molecule has 0 unspecified atom stereocenters. The van der Waals surface area contributed by atoms with Gasteiger partial charge in [-0.2, -0.15) is 0 Å². The molecule has 5 nitrogen and oxygen atoms in total. The predicted octanol–water partition coefficient (Wildman–Crippen LogP) is 3.57. The molecule has 2 heterocycles. The molecule has 7 heteroatoms. The van der Waals surface area contributed by atoms with E-state index in [2.05, 4.69) is 10.3 Å². The number of carbonyl (C=O) groups excluding carboxylic acids is 1. The van der Waals surface area contributed by atoms with Crippen molar-refractivity contribution in [1.82, 2.24) is 14.9 Å². The maximum absolute atomic E-state index is 13.2. The minimum absolute atomic E-state index is 0.0724. The van der Waals surface area contributed by atoms with Gasteiger partial charge in [0.25, 0.3) is 5.56 Å². The van der Waals surface area contributed by atoms with Crippen LogP contribution in [0.3, 0.4) is 0 Å². The minimum Gasteiger partial charge on any atom is -0.352 e. The summed E-state index contributed by atoms with van der Waals surface area (Å²) < 4.78 is 14.5. The summed E-state index contributed by atoms with van der Waals surface area (Å²) >= 11 is 1.35. The molecular formula is C19H20FN3O2S. The van der Waals surface area contributed by atoms with Gasteiger partial charge in [-0.1, -0.05) is 26.0 Å². The Morgan fingerprint density at radius 3 is 2.62 bits per heavy atom. The summed E-state index contributed by atoms with van der Waals surface area (Å²) in [5, 5.41) is 5.21. The van der Waals surface area contributed by atoms with E-state index in [1.165, 1.54) is 34.4 Å². The fraction of sp³-hybridized carbons (Fsp3) is 0.316. The van der Waals surface area contributed by atoms with Crippen molar-refractivity contribution in [2.75, 3.05) is 0 Å². The van der Waals surface area contributed by atoms with Crippen molar-refractivity contribution in [1.29, 1.82) is 0 Å². The fourth-order valence-electron chi connectivity index (χ4n) is 2.84. The van der Waals surface area contributed by atoms with Gasteiger partial charge >= 0.3 is 0 Å². The number of benzene rings is 1. The zero-order valence-electron chi connectivity index (χ0n) is 14.7. The molecule has 136 valence electrons. The van der Waals surface area contributed by atoms with E-state index >= 15 is 0 Å². The average molecular weight is 373 g/mol. The number of rotatable bonds is 6. The molecule has 1 aromatic carbocycles. The molecule has 0 fully saturated rings. The second-order valence-electron chi connectivity index (χ2n) is 6.09. The van der Waals surface area contributed by atoms with Gasteiger partial charge in [-0.25, -0.2) is 9.37 Å². The first-order valence-electron chi connectivity index (χ1n) is 8.55. The van der Waals surface area contributed by atoms with Crippen LogP contribution in [0.5, 0.6) is 0 Å². The van der Waals surface area contributed by atoms with Crippen LogP contribution in [0.25, 0.3) is 21.3 Å². The van der Waals surface area contributed by atoms with Gasteiger partial charge in [0.05, 0.1) is 11.7 Å². The minimum atomic E-state index is -0.332. The molecule has 0 aliphatic heterocycles. The molecule has 0 aliphatic rings. The Hall–Kier alpha value is -2.54. The largest absolute Gasteiger partial charge is 0.352 e. The van der Waals surface area contributed by atoms with E-state index in [9.17, 15) is 14.0 Å². The summed E-state index contributed by atoms with van der Waals surface area (Å²) in [7, 11) is 0. The Morgan fingerprint density at radius 1 is 1.27 bits per heavy atom. The topological polar surface area (TPSA) is 64.0 Å². The molecule has 1 N–H and O–H groups in total. The van der Waals surface area contributed by atoms with Crippen LogP contribution >= 0.6 is 11.3 Å². The number of aromatic nitrogens is 2. The monoisotopic (exact) mass is 373 g/mol. The van der Waals surface area contributed by atoms with E-state index in [-0.39, 0.29) is 29.9 Å². The lowest BCUT2D eigenvalue weighted by Gasteiger charge is -2.15. The molecule has 0 saturated carbocycles. The highest BCUT2D eigenvalue weighted by molar-refractivity contribution is 7.17. The second kappa shape index (κ2) is 7.78. The van der Waals surface area contributed by atoms with Gasteiger partial charge < -0.3 is 5.32 Å². The number of carbonyl (C=O) groups is 1. The van der Waals surface area contributed by atoms with Crippen molar-refractivity contribution in [2.45, 2.75) is 39.3 Å². The van der Waals surface area contributed by atoms with E-state index in [0.29, 0.717) is 15.8 Å². The Balaban J connectivity index is 1.95. The number of nitrogens with zero attached hydrogens (tertiary/aromatic N) is 2. The number of nitrogens with one attached hydrogen (secondary N) is 1. The molecule has 26 heavy (non-hydrogen) atoms. The Morgan fingerprint density at radius 2 is 1.96 bits per heavy atom. The van der Waals surface area contributed by atoms with E-state index < -0.39 is 0 Å². The zero-order valence-corrected chi connectivity index (χ0v) is 15.5. The number of hydrogen-bond donors (Lipinski definition) is 1. The third-order valence-corrected chi connectivity index (χ3v) is 5.27. The van der Waals surface area contributed by atoms with Crippen LogP contribution in [-0.2, 0) is 11.3 Å². The van der Waals surface area contributed by atoms with Crippen LogP contribution in [-0.4, -0.2) is 21.5 Å². The number of fused-ring (bicyclic) bond motifs is 1. The van der Waals surface area contributed by atoms with Crippen molar-refractivity contribution in [2.24, 2.45) is 0 Å². The lowest BCUT2D eigenvalue weighted by Crippen LogP contribution is -2.38. The predicted molar refractivity (Wildman–Crippen MR) is 102 cm³/mol. The summed E-state index contributed by atoms with van der Waals surface area (Å²) in [6, 6.07) is 6.08. The zero-order chi connectivity index (χ0) is 18.7. The molecule has 0 spiro atoms. The number of thiophene rings is 1. The highest BCUT2D eigenvalue weighted by atomic mass is 32.1. The van der Waals surface area contributed by atoms with Gasteiger partial charge in [0, 0.05) is 17.0 Å². The standard InChI is InChI=1S/C19H20FN3O2S/c1-3-14(4-2)22-16(24)9-23-11-21-18-17(19(23)25)15(10-26-18)12-5-7-13(20)8-6-12/h5-8,10-11,14H,3-4,9H2,1-2H3,(H,22,24). The molecule has 0 radical (unpaired) electrons. The Labute approximate surface area is 154 Å². The van der Waals surface area contributed by atoms with Crippen molar-refractivity contribution in [3.8, 4) is 11.1 Å². The normalized spacial score (nSPS) is 11.2. The molecule has 0 aliphatic carbocycles. The number of hydrogen-bond acceptors (Lipinski definition) is 4. The van der Waals surface area contributed by atoms with E-state index in [0.717, 1.165) is 18.4 Å². The Kier molecular flexibility index (Phi) is 5.46. The SMILES string of the molecule is CCC(CC)NC(=O)Cn1cnc2scc(-c3ccc(F)cc3)c2c1=O. The summed E-state index contributed by atoms with van der Waals surface area (Å²) in [6.07, 6.45) is 3.09. The summed E-state index contributed by atoms with van der Waals surface area (Å²) in [4.78, 5) is 30.0. The molecule has 0 saturated heterocycles. The van der Waals surface area contributed by atoms with Gasteiger partial charge in [0.2, 0.25) is 5.91 Å². The van der Waals surface area contributed by atoms with Crippen LogP contribution in [0.4, 0.5) is 4.39 Å². The van der Waals surface area contributed by atoms with Crippen molar-refractivity contribution >= 4 is 27.5 Å². The second-order valence-corrected chi connectivity index (χ2v) is 6.95. The maximum Gasteiger partial charge on any atom is 0.263 e. The molecule has 0 atom stereocenters. The Bertz CT molecular complexity index is 975. The quantitative estimate of drug-likeness (QED) is 0.718. The first kappa shape index (κ1) is 18.3. The van der Waals surface area contributed by atoms with E-state index in [4.69, 9.17) is 0 Å². The highest BCUT2D eigenvalue weighted by Crippen LogP contribution is 2.30. The summed E-state index contributed by atoms with van der Waals surface area (Å²) in [5.74, 6) is -0.539. The third-order valence-electron chi connectivity index (χ3n) is 4.38. The maximum atomic E-state index is 13.2. The first-order valence-corrected chi connectivity index (χ1v) is 9.43. The summed E-state index contributed by atoms with van der Waals surface area (Å²) in [5.41, 5.74) is 1.18. The van der Waals surface area contributed by atoms with Gasteiger partial charge in [0.1, 0.15) is 17.2 Å². The third kappa shape index (κ3) is 3.67. The average Bonchev–Trinajstić information content (AvgIpc) is 3.07. The van der Waals surface area contributed by atoms with E-state index in [1.807, 2.05) is 19.2 Å². The van der Waals surface area contributed by atoms with E-state index in [1.54, 1.807) is 12.1 Å². The van der Waals surface area contributed by atoms with Gasteiger partial charge in [0.15, 0.2) is 0 Å². The van der Waals surface area contributed by atoms with Crippen LogP contribution < -0.4 is 10.9 Å². The first-order chi connectivity index (χ1) is 12.5. The van der Waals surface area contributed by atoms with Gasteiger partial charge in [-0.15, -0.1) is 11.3 Å². The molecule has 1 amide bonds. The van der Waals surface area contributed by atoms with Crippen molar-refractivity contribution in [3.63, 3.8) is 0 Å². The van der Waals surface area contributed by atoms with Crippen LogP contribution in [0, 0.1) is 5.82 Å². The molecule has 0 bridgehead atoms. The van der Waals surface area contributed by atoms with Gasteiger partial charge in [-0.3, -0.25) is 14.2 Å². The van der Waals surface area contributed by atoms with Crippen molar-refractivity contribution in [3.05, 3.63) is 52.1 Å². The smallest absolute Gasteiger partial charge is 0.263 e. The summed E-state index contributed by atoms with van der Waals surface area (Å²) in [6.45, 7) is 3.94. The fourth-order valence-corrected chi connectivity index (χ4v) is 3.75. The van der Waals surface area contributed by atoms with Crippen LogP contribution in [0.1, 0.15) is 26.7 Å². The van der Waals surface area contributed by atoms with Crippen LogP contribution in [0.15, 0.2) is 40.8 Å². The lowest BCUT2D eigenvalue weighted by molar-refractivity contribution is -0.122. The number of halogens is 1. The number of amides is 1.